The summed E-state index contributed by atoms with van der Waals surface area (Å²) in [6, 6.07) is 0. The Hall–Kier alpha value is -1.24. The minimum atomic E-state index is -4.55. The largest absolute Gasteiger partial charge is 0.382 e. The molecule has 0 saturated heterocycles. The summed E-state index contributed by atoms with van der Waals surface area (Å²) in [5, 5.41) is 8.55. The summed E-state index contributed by atoms with van der Waals surface area (Å²) in [4.78, 5) is 21.1. The van der Waals surface area contributed by atoms with Gasteiger partial charge in [-0.25, -0.2) is 0 Å². The number of hydrogen-bond acceptors (Lipinski definition) is 8. The van der Waals surface area contributed by atoms with E-state index < -0.39 is 39.0 Å². The second-order valence-electron chi connectivity index (χ2n) is 2.07. The second kappa shape index (κ2) is 4.52. The van der Waals surface area contributed by atoms with Crippen LogP contribution >= 0.6 is 0 Å². The smallest absolute Gasteiger partial charge is 0.334 e. The van der Waals surface area contributed by atoms with Crippen LogP contribution in [0.5, 0.6) is 0 Å². The molecule has 0 bridgehead atoms. The van der Waals surface area contributed by atoms with Gasteiger partial charge in [0, 0.05) is 0 Å². The first-order chi connectivity index (χ1) is 6.49. The van der Waals surface area contributed by atoms with Gasteiger partial charge in [-0.3, -0.25) is 9.59 Å². The van der Waals surface area contributed by atoms with Crippen LogP contribution in [0.3, 0.4) is 0 Å². The monoisotopic (exact) mass is 262 g/mol. The van der Waals surface area contributed by atoms with Crippen LogP contribution in [0, 0.1) is 0 Å². The van der Waals surface area contributed by atoms with E-state index >= 15 is 0 Å². The van der Waals surface area contributed by atoms with Gasteiger partial charge in [-0.15, -0.1) is 0 Å². The van der Waals surface area contributed by atoms with Gasteiger partial charge in [0.15, 0.2) is 0 Å². The fourth-order valence-electron chi connectivity index (χ4n) is 0.436. The molecule has 0 saturated carbocycles. The Labute approximate surface area is 84.6 Å². The van der Waals surface area contributed by atoms with Gasteiger partial charge in [0.05, 0.1) is 0 Å². The van der Waals surface area contributed by atoms with Gasteiger partial charge in [-0.1, -0.05) is 0 Å². The molecule has 0 atom stereocenters. The van der Waals surface area contributed by atoms with Crippen LogP contribution in [0.25, 0.3) is 0 Å². The lowest BCUT2D eigenvalue weighted by Gasteiger charge is -2.00. The van der Waals surface area contributed by atoms with Crippen LogP contribution in [-0.4, -0.2) is 28.8 Å². The molecule has 0 aromatic heterocycles. The molecule has 12 heteroatoms. The lowest BCUT2D eigenvalue weighted by atomic mass is 10.5. The first-order valence-electron chi connectivity index (χ1n) is 3.00. The van der Waals surface area contributed by atoms with Crippen LogP contribution < -0.4 is 10.3 Å². The van der Waals surface area contributed by atoms with E-state index in [0.29, 0.717) is 0 Å². The van der Waals surface area contributed by atoms with Gasteiger partial charge in [0.25, 0.3) is 0 Å². The maximum absolute atomic E-state index is 10.5. The van der Waals surface area contributed by atoms with Crippen molar-refractivity contribution in [1.29, 1.82) is 0 Å². The molecule has 0 unspecified atom stereocenters. The summed E-state index contributed by atoms with van der Waals surface area (Å²) in [7, 11) is -9.10. The Morgan fingerprint density at radius 3 is 1.33 bits per heavy atom. The van der Waals surface area contributed by atoms with Crippen LogP contribution in [0.15, 0.2) is 0 Å². The van der Waals surface area contributed by atoms with E-state index in [1.807, 2.05) is 0 Å². The number of carbonyl (C=O) groups excluding carboxylic acids is 2. The van der Waals surface area contributed by atoms with Crippen molar-refractivity contribution in [3.8, 4) is 0 Å². The fourth-order valence-corrected chi connectivity index (χ4v) is 1.07. The average Bonchev–Trinajstić information content (AvgIpc) is 1.73. The van der Waals surface area contributed by atoms with Crippen molar-refractivity contribution in [2.45, 2.75) is 6.42 Å². The van der Waals surface area contributed by atoms with Gasteiger partial charge in [-0.05, 0) is 0 Å². The molecule has 0 heterocycles. The zero-order valence-corrected chi connectivity index (χ0v) is 8.58. The molecule has 88 valence electrons. The molecule has 15 heavy (non-hydrogen) atoms. The average molecular weight is 262 g/mol. The quantitative estimate of drug-likeness (QED) is 0.500. The molecular formula is C3H6N2O8S2. The third-order valence-corrected chi connectivity index (χ3v) is 1.54. The number of nitrogens with two attached hydrogens (primary N) is 2. The molecule has 0 amide bonds. The van der Waals surface area contributed by atoms with Gasteiger partial charge in [0.2, 0.25) is 0 Å². The van der Waals surface area contributed by atoms with Gasteiger partial charge < -0.3 is 8.37 Å². The third kappa shape index (κ3) is 9.07. The van der Waals surface area contributed by atoms with E-state index in [0.717, 1.165) is 0 Å². The minimum absolute atomic E-state index is 1.26. The summed E-state index contributed by atoms with van der Waals surface area (Å²) in [6.07, 6.45) is -1.26. The number of carbonyl (C=O) groups is 2. The zero-order valence-electron chi connectivity index (χ0n) is 6.94. The van der Waals surface area contributed by atoms with E-state index in [9.17, 15) is 26.4 Å². The second-order valence-corrected chi connectivity index (χ2v) is 4.38. The number of rotatable bonds is 4. The van der Waals surface area contributed by atoms with Crippen molar-refractivity contribution in [3.05, 3.63) is 0 Å². The highest BCUT2D eigenvalue weighted by Crippen LogP contribution is 1.95. The lowest BCUT2D eigenvalue weighted by molar-refractivity contribution is -0.143. The van der Waals surface area contributed by atoms with Crippen molar-refractivity contribution < 1.29 is 34.8 Å². The molecule has 0 fully saturated rings. The van der Waals surface area contributed by atoms with Crippen molar-refractivity contribution in [3.63, 3.8) is 0 Å². The molecule has 0 aliphatic rings. The van der Waals surface area contributed by atoms with Crippen LogP contribution in [0.1, 0.15) is 6.42 Å². The van der Waals surface area contributed by atoms with E-state index in [1.165, 1.54) is 0 Å². The van der Waals surface area contributed by atoms with E-state index in [2.05, 4.69) is 18.6 Å². The topological polar surface area (TPSA) is 173 Å². The van der Waals surface area contributed by atoms with Crippen molar-refractivity contribution >= 4 is 32.5 Å². The van der Waals surface area contributed by atoms with Gasteiger partial charge >= 0.3 is 32.5 Å². The predicted molar refractivity (Wildman–Crippen MR) is 43.0 cm³/mol. The van der Waals surface area contributed by atoms with Crippen molar-refractivity contribution in [1.82, 2.24) is 0 Å². The zero-order chi connectivity index (χ0) is 12.3. The molecule has 0 aromatic rings. The maximum Gasteiger partial charge on any atom is 0.382 e. The molecule has 0 spiro atoms. The first kappa shape index (κ1) is 13.8. The van der Waals surface area contributed by atoms with E-state index in [1.54, 1.807) is 0 Å². The Morgan fingerprint density at radius 2 is 1.13 bits per heavy atom. The third-order valence-electron chi connectivity index (χ3n) is 0.707. The summed E-state index contributed by atoms with van der Waals surface area (Å²) in [6.45, 7) is 0. The first-order valence-corrected chi connectivity index (χ1v) is 5.94. The molecule has 0 aromatic carbocycles. The molecule has 4 N–H and O–H groups in total. The summed E-state index contributed by atoms with van der Waals surface area (Å²) in [5.41, 5.74) is 0. The van der Waals surface area contributed by atoms with Crippen molar-refractivity contribution in [2.75, 3.05) is 0 Å². The molecule has 10 nitrogen and oxygen atoms in total. The van der Waals surface area contributed by atoms with E-state index in [-0.39, 0.29) is 0 Å². The molecular weight excluding hydrogens is 256 g/mol. The highest BCUT2D eigenvalue weighted by molar-refractivity contribution is 7.85. The highest BCUT2D eigenvalue weighted by Gasteiger charge is 2.20. The Bertz CT molecular complexity index is 416. The summed E-state index contributed by atoms with van der Waals surface area (Å²) >= 11 is 0. The van der Waals surface area contributed by atoms with Crippen LogP contribution in [0.2, 0.25) is 0 Å². The van der Waals surface area contributed by atoms with Crippen LogP contribution in [-0.2, 0) is 38.6 Å². The normalized spacial score (nSPS) is 11.9. The Balaban J connectivity index is 4.28. The fraction of sp³-hybridized carbons (Fsp3) is 0.333. The standard InChI is InChI=1S/C3H6N2O8S2/c4-14(8,9)12-2(6)1-3(7)13-15(5,10)11/h1H2,(H2,4,8,9)(H2,5,10,11). The van der Waals surface area contributed by atoms with Crippen LogP contribution in [0.4, 0.5) is 0 Å². The maximum atomic E-state index is 10.5. The predicted octanol–water partition coefficient (Wildman–Crippen LogP) is -3.13. The Morgan fingerprint density at radius 1 is 0.867 bits per heavy atom. The van der Waals surface area contributed by atoms with Gasteiger partial charge in [-0.2, -0.15) is 27.1 Å². The Kier molecular flexibility index (Phi) is 4.15. The lowest BCUT2D eigenvalue weighted by Crippen LogP contribution is -2.25. The molecule has 0 rings (SSSR count). The van der Waals surface area contributed by atoms with E-state index in [4.69, 9.17) is 0 Å². The minimum Gasteiger partial charge on any atom is -0.334 e. The van der Waals surface area contributed by atoms with Crippen molar-refractivity contribution in [2.24, 2.45) is 10.3 Å². The van der Waals surface area contributed by atoms with Gasteiger partial charge in [0.1, 0.15) is 6.42 Å². The molecule has 0 radical (unpaired) electrons. The highest BCUT2D eigenvalue weighted by atomic mass is 32.2. The number of hydrogen-bond donors (Lipinski definition) is 2. The molecule has 0 aliphatic heterocycles. The summed E-state index contributed by atoms with van der Waals surface area (Å²) in [5.74, 6) is -3.18. The SMILES string of the molecule is NS(=O)(=O)OC(=O)CC(=O)OS(N)(=O)=O. The summed E-state index contributed by atoms with van der Waals surface area (Å²) < 4.78 is 47.6. The molecule has 0 aliphatic carbocycles.